The van der Waals surface area contributed by atoms with Crippen molar-refractivity contribution in [1.29, 1.82) is 0 Å². The minimum absolute atomic E-state index is 0.0598. The Morgan fingerprint density at radius 1 is 0.943 bits per heavy atom. The Bertz CT molecular complexity index is 1230. The van der Waals surface area contributed by atoms with Crippen LogP contribution in [0.1, 0.15) is 31.2 Å². The van der Waals surface area contributed by atoms with Gasteiger partial charge in [0.1, 0.15) is 5.75 Å². The van der Waals surface area contributed by atoms with Crippen molar-refractivity contribution in [1.82, 2.24) is 0 Å². The Kier molecular flexibility index (Phi) is 5.22. The van der Waals surface area contributed by atoms with Gasteiger partial charge in [0.15, 0.2) is 0 Å². The zero-order valence-electron chi connectivity index (χ0n) is 19.3. The number of ether oxygens (including phenoxy) is 1. The van der Waals surface area contributed by atoms with Crippen LogP contribution < -0.4 is 14.5 Å². The summed E-state index contributed by atoms with van der Waals surface area (Å²) in [6.07, 6.45) is 3.12. The Labute approximate surface area is 208 Å². The summed E-state index contributed by atoms with van der Waals surface area (Å²) in [7, 11) is 0. The van der Waals surface area contributed by atoms with E-state index in [4.69, 9.17) is 16.3 Å². The summed E-state index contributed by atoms with van der Waals surface area (Å²) >= 11 is 6.19. The average molecular weight is 493 g/mol. The van der Waals surface area contributed by atoms with Gasteiger partial charge < -0.3 is 9.64 Å². The summed E-state index contributed by atoms with van der Waals surface area (Å²) in [6.45, 7) is 2.10. The van der Waals surface area contributed by atoms with Crippen LogP contribution in [0.5, 0.6) is 5.75 Å². The van der Waals surface area contributed by atoms with Crippen LogP contribution in [-0.2, 0) is 19.2 Å². The first-order valence-electron chi connectivity index (χ1n) is 12.1. The van der Waals surface area contributed by atoms with Crippen LogP contribution in [0.25, 0.3) is 0 Å². The molecule has 2 saturated heterocycles. The van der Waals surface area contributed by atoms with E-state index < -0.39 is 11.9 Å². The minimum Gasteiger partial charge on any atom is -0.426 e. The lowest BCUT2D eigenvalue weighted by atomic mass is 9.81. The van der Waals surface area contributed by atoms with E-state index in [9.17, 15) is 19.2 Å². The molecule has 2 aliphatic heterocycles. The largest absolute Gasteiger partial charge is 0.426 e. The maximum Gasteiger partial charge on any atom is 0.316 e. The molecule has 8 heteroatoms. The van der Waals surface area contributed by atoms with Crippen molar-refractivity contribution < 1.29 is 23.9 Å². The van der Waals surface area contributed by atoms with Crippen LogP contribution in [0, 0.1) is 36.5 Å². The van der Waals surface area contributed by atoms with Crippen LogP contribution in [0.2, 0.25) is 5.02 Å². The first kappa shape index (κ1) is 22.3. The van der Waals surface area contributed by atoms with Crippen LogP contribution in [0.3, 0.4) is 0 Å². The van der Waals surface area contributed by atoms with E-state index in [1.54, 1.807) is 35.2 Å². The molecule has 4 fully saturated rings. The van der Waals surface area contributed by atoms with Crippen molar-refractivity contribution in [2.75, 3.05) is 16.3 Å². The molecule has 0 N–H and O–H groups in total. The van der Waals surface area contributed by atoms with E-state index >= 15 is 0 Å². The molecule has 0 aromatic heterocycles. The Balaban J connectivity index is 1.12. The Morgan fingerprint density at radius 2 is 1.57 bits per heavy atom. The number of halogens is 1. The van der Waals surface area contributed by atoms with E-state index in [-0.39, 0.29) is 42.5 Å². The van der Waals surface area contributed by atoms with E-state index in [0.717, 1.165) is 24.8 Å². The van der Waals surface area contributed by atoms with Crippen molar-refractivity contribution >= 4 is 46.7 Å². The lowest BCUT2D eigenvalue weighted by Gasteiger charge is -2.19. The highest BCUT2D eigenvalue weighted by molar-refractivity contribution is 6.31. The quantitative estimate of drug-likeness (QED) is 0.364. The summed E-state index contributed by atoms with van der Waals surface area (Å²) < 4.78 is 5.53. The van der Waals surface area contributed by atoms with Crippen molar-refractivity contribution in [3.63, 3.8) is 0 Å². The number of nitrogens with zero attached hydrogens (tertiary/aromatic N) is 2. The third-order valence-corrected chi connectivity index (χ3v) is 8.57. The first-order chi connectivity index (χ1) is 16.8. The van der Waals surface area contributed by atoms with Crippen molar-refractivity contribution in [3.8, 4) is 5.75 Å². The van der Waals surface area contributed by atoms with Gasteiger partial charge in [0, 0.05) is 23.7 Å². The van der Waals surface area contributed by atoms with Gasteiger partial charge in [0.05, 0.1) is 23.4 Å². The molecule has 0 spiro atoms. The molecule has 0 unspecified atom stereocenters. The molecular formula is C27H25ClN2O5. The van der Waals surface area contributed by atoms with E-state index in [1.807, 2.05) is 19.1 Å². The second kappa shape index (κ2) is 8.19. The fourth-order valence-electron chi connectivity index (χ4n) is 6.39. The molecule has 2 bridgehead atoms. The van der Waals surface area contributed by atoms with Crippen LogP contribution in [-0.4, -0.2) is 30.2 Å². The van der Waals surface area contributed by atoms with E-state index in [0.29, 0.717) is 34.0 Å². The molecule has 0 radical (unpaired) electrons. The van der Waals surface area contributed by atoms with Gasteiger partial charge in [-0.1, -0.05) is 17.7 Å². The number of hydrogen-bond acceptors (Lipinski definition) is 5. The average Bonchev–Trinajstić information content (AvgIpc) is 3.60. The number of rotatable bonds is 4. The minimum atomic E-state index is -0.598. The van der Waals surface area contributed by atoms with E-state index in [2.05, 4.69) is 0 Å². The Morgan fingerprint density at radius 3 is 2.20 bits per heavy atom. The number of carbonyl (C=O) groups excluding carboxylic acids is 4. The zero-order chi connectivity index (χ0) is 24.4. The molecule has 2 aromatic carbocycles. The zero-order valence-corrected chi connectivity index (χ0v) is 20.0. The maximum absolute atomic E-state index is 13.0. The predicted molar refractivity (Wildman–Crippen MR) is 129 cm³/mol. The van der Waals surface area contributed by atoms with Gasteiger partial charge >= 0.3 is 5.97 Å². The number of aryl methyl sites for hydroxylation is 1. The van der Waals surface area contributed by atoms with Gasteiger partial charge in [-0.3, -0.25) is 24.1 Å². The highest BCUT2D eigenvalue weighted by Gasteiger charge is 2.61. The smallest absolute Gasteiger partial charge is 0.316 e. The SMILES string of the molecule is Cc1ccc(N2C[C@H](C(=O)Oc3ccc(N4C(=O)[C@@H]5[C@H]6CC[C@@H](C6)[C@H]5C4=O)cc3)CC2=O)cc1Cl. The van der Waals surface area contributed by atoms with Gasteiger partial charge in [-0.2, -0.15) is 0 Å². The second-order valence-corrected chi connectivity index (χ2v) is 10.6. The van der Waals surface area contributed by atoms with Crippen molar-refractivity contribution in [3.05, 3.63) is 53.1 Å². The van der Waals surface area contributed by atoms with E-state index in [1.165, 1.54) is 4.90 Å². The molecular weight excluding hydrogens is 468 g/mol. The lowest BCUT2D eigenvalue weighted by Crippen LogP contribution is -2.32. The number of benzene rings is 2. The first-order valence-corrected chi connectivity index (χ1v) is 12.5. The maximum atomic E-state index is 13.0. The number of anilines is 2. The molecule has 2 aliphatic carbocycles. The van der Waals surface area contributed by atoms with Gasteiger partial charge in [-0.25, -0.2) is 0 Å². The standard InChI is InChI=1S/C27H25ClN2O5/c1-14-2-5-19(12-21(14)28)29-13-17(11-22(29)31)27(34)35-20-8-6-18(7-9-20)30-25(32)23-15-3-4-16(10-15)24(23)26(30)33/h2,5-9,12,15-17,23-24H,3-4,10-11,13H2,1H3/t15-,16-,17+,23+,24+/m0/s1. The van der Waals surface area contributed by atoms with Crippen LogP contribution >= 0.6 is 11.6 Å². The number of imide groups is 1. The number of amides is 3. The summed E-state index contributed by atoms with van der Waals surface area (Å²) in [5.41, 5.74) is 2.07. The second-order valence-electron chi connectivity index (χ2n) is 10.2. The molecule has 35 heavy (non-hydrogen) atoms. The molecule has 180 valence electrons. The van der Waals surface area contributed by atoms with Crippen molar-refractivity contribution in [2.45, 2.75) is 32.6 Å². The van der Waals surface area contributed by atoms with Crippen molar-refractivity contribution in [2.24, 2.45) is 29.6 Å². The fraction of sp³-hybridized carbons (Fsp3) is 0.407. The fourth-order valence-corrected chi connectivity index (χ4v) is 6.57. The van der Waals surface area contributed by atoms with Gasteiger partial charge in [0.25, 0.3) is 0 Å². The topological polar surface area (TPSA) is 84.0 Å². The summed E-state index contributed by atoms with van der Waals surface area (Å²) in [6, 6.07) is 11.8. The Hall–Kier alpha value is -3.19. The van der Waals surface area contributed by atoms with Crippen LogP contribution in [0.15, 0.2) is 42.5 Å². The molecule has 4 aliphatic rings. The third kappa shape index (κ3) is 3.56. The molecule has 2 heterocycles. The monoisotopic (exact) mass is 492 g/mol. The van der Waals surface area contributed by atoms with Gasteiger partial charge in [-0.05, 0) is 80.0 Å². The number of hydrogen-bond donors (Lipinski definition) is 0. The molecule has 2 saturated carbocycles. The summed E-state index contributed by atoms with van der Waals surface area (Å²) in [5, 5.41) is 0.563. The van der Waals surface area contributed by atoms with Gasteiger partial charge in [0.2, 0.25) is 17.7 Å². The number of esters is 1. The molecule has 7 nitrogen and oxygen atoms in total. The summed E-state index contributed by atoms with van der Waals surface area (Å²) in [4.78, 5) is 54.2. The molecule has 5 atom stereocenters. The normalized spacial score (nSPS) is 29.3. The number of carbonyl (C=O) groups is 4. The molecule has 2 aromatic rings. The lowest BCUT2D eigenvalue weighted by molar-refractivity contribution is -0.139. The number of fused-ring (bicyclic) bond motifs is 5. The van der Waals surface area contributed by atoms with Crippen LogP contribution in [0.4, 0.5) is 11.4 Å². The van der Waals surface area contributed by atoms with Gasteiger partial charge in [-0.15, -0.1) is 0 Å². The highest BCUT2D eigenvalue weighted by atomic mass is 35.5. The molecule has 3 amide bonds. The molecule has 6 rings (SSSR count). The predicted octanol–water partition coefficient (Wildman–Crippen LogP) is 4.14. The summed E-state index contributed by atoms with van der Waals surface area (Å²) in [5.74, 6) is -0.835. The highest BCUT2D eigenvalue weighted by Crippen LogP contribution is 2.56. The third-order valence-electron chi connectivity index (χ3n) is 8.17.